The van der Waals surface area contributed by atoms with Crippen molar-refractivity contribution in [3.05, 3.63) is 59.7 Å². The second kappa shape index (κ2) is 13.5. The van der Waals surface area contributed by atoms with Crippen LogP contribution in [0.25, 0.3) is 10.8 Å². The number of hydrogen-bond acceptors (Lipinski definition) is 7. The average molecular weight is 717 g/mol. The zero-order chi connectivity index (χ0) is 35.3. The summed E-state index contributed by atoms with van der Waals surface area (Å²) in [5.41, 5.74) is 0.988. The van der Waals surface area contributed by atoms with Gasteiger partial charge in [0.25, 0.3) is 5.91 Å². The Bertz CT molecular complexity index is 1830. The lowest BCUT2D eigenvalue weighted by atomic mass is 9.94. The van der Waals surface area contributed by atoms with Gasteiger partial charge in [-0.1, -0.05) is 61.4 Å². The summed E-state index contributed by atoms with van der Waals surface area (Å²) in [6.07, 6.45) is 11.1. The van der Waals surface area contributed by atoms with Crippen LogP contribution in [0.2, 0.25) is 0 Å². The molecule has 3 N–H and O–H groups in total. The lowest BCUT2D eigenvalue weighted by Crippen LogP contribution is -2.58. The van der Waals surface area contributed by atoms with Crippen LogP contribution in [-0.4, -0.2) is 95.4 Å². The van der Waals surface area contributed by atoms with Gasteiger partial charge in [-0.15, -0.1) is 0 Å². The molecular formula is C38H48N6O6S. The number of carbonyl (C=O) groups excluding carboxylic acids is 4. The average Bonchev–Trinajstić information content (AvgIpc) is 3.97. The standard InChI is InChI=1S/C38H48N6O6S/c45-34-32-20-29(43-22-26-12-8-10-25-11-9-13-27(23-43)33(25)26)24-44(32)35(46)31(39-37(48)42-18-6-7-19-42)15-5-3-1-2-4-14-28-21-38(28,40-34)36(47)41-51(49,50)30-16-17-30/h4,8-14,28-32H,1-3,5-7,15-24H2,(H,39,48)(H,40,45)(H,41,47)/b14-4+/t28?,29-,31?,32?,38?/m1/s1. The van der Waals surface area contributed by atoms with Gasteiger partial charge in [-0.25, -0.2) is 13.2 Å². The number of urea groups is 1. The molecule has 0 bridgehead atoms. The van der Waals surface area contributed by atoms with E-state index in [0.717, 1.165) is 38.5 Å². The summed E-state index contributed by atoms with van der Waals surface area (Å²) in [5, 5.41) is 7.89. The van der Waals surface area contributed by atoms with Gasteiger partial charge in [-0.2, -0.15) is 0 Å². The first-order valence-corrected chi connectivity index (χ1v) is 20.3. The van der Waals surface area contributed by atoms with Crippen molar-refractivity contribution < 1.29 is 27.6 Å². The van der Waals surface area contributed by atoms with Crippen LogP contribution in [0.4, 0.5) is 4.79 Å². The summed E-state index contributed by atoms with van der Waals surface area (Å²) >= 11 is 0. The minimum Gasteiger partial charge on any atom is -0.339 e. The predicted molar refractivity (Wildman–Crippen MR) is 192 cm³/mol. The highest BCUT2D eigenvalue weighted by molar-refractivity contribution is 7.91. The van der Waals surface area contributed by atoms with Gasteiger partial charge >= 0.3 is 6.03 Å². The largest absolute Gasteiger partial charge is 0.339 e. The molecule has 8 rings (SSSR count). The highest BCUT2D eigenvalue weighted by Gasteiger charge is 2.62. The first-order valence-electron chi connectivity index (χ1n) is 18.8. The molecular weight excluding hydrogens is 669 g/mol. The highest BCUT2D eigenvalue weighted by atomic mass is 32.2. The Balaban J connectivity index is 1.09. The van der Waals surface area contributed by atoms with Crippen molar-refractivity contribution in [3.63, 3.8) is 0 Å². The summed E-state index contributed by atoms with van der Waals surface area (Å²) in [5.74, 6) is -1.83. The molecule has 4 aliphatic heterocycles. The van der Waals surface area contributed by atoms with Gasteiger partial charge in [0.15, 0.2) is 0 Å². The number of nitrogens with zero attached hydrogens (tertiary/aromatic N) is 3. The monoisotopic (exact) mass is 716 g/mol. The van der Waals surface area contributed by atoms with Gasteiger partial charge in [0.05, 0.1) is 5.25 Å². The Morgan fingerprint density at radius 3 is 2.33 bits per heavy atom. The molecule has 272 valence electrons. The van der Waals surface area contributed by atoms with E-state index < -0.39 is 44.7 Å². The fraction of sp³-hybridized carbons (Fsp3) is 0.579. The van der Waals surface area contributed by atoms with E-state index >= 15 is 0 Å². The molecule has 4 heterocycles. The van der Waals surface area contributed by atoms with Crippen molar-refractivity contribution in [1.82, 2.24) is 30.1 Å². The highest BCUT2D eigenvalue weighted by Crippen LogP contribution is 2.46. The summed E-state index contributed by atoms with van der Waals surface area (Å²) in [7, 11) is -3.84. The van der Waals surface area contributed by atoms with Crippen LogP contribution in [-0.2, 0) is 37.5 Å². The Labute approximate surface area is 299 Å². The molecule has 2 saturated heterocycles. The number of sulfonamides is 1. The van der Waals surface area contributed by atoms with Gasteiger partial charge in [0.1, 0.15) is 17.6 Å². The number of nitrogens with one attached hydrogen (secondary N) is 3. The molecule has 0 spiro atoms. The zero-order valence-electron chi connectivity index (χ0n) is 29.0. The summed E-state index contributed by atoms with van der Waals surface area (Å²) < 4.78 is 28.0. The van der Waals surface area contributed by atoms with Crippen LogP contribution in [0.3, 0.4) is 0 Å². The molecule has 5 atom stereocenters. The maximum absolute atomic E-state index is 14.6. The zero-order valence-corrected chi connectivity index (χ0v) is 29.8. The summed E-state index contributed by atoms with van der Waals surface area (Å²) in [6, 6.07) is 10.5. The van der Waals surface area contributed by atoms with Crippen LogP contribution in [0.5, 0.6) is 0 Å². The fourth-order valence-corrected chi connectivity index (χ4v) is 10.1. The molecule has 0 aromatic heterocycles. The predicted octanol–water partition coefficient (Wildman–Crippen LogP) is 3.30. The van der Waals surface area contributed by atoms with Crippen molar-refractivity contribution in [2.24, 2.45) is 5.92 Å². The Kier molecular flexibility index (Phi) is 9.06. The third kappa shape index (κ3) is 6.74. The Hall–Kier alpha value is -3.97. The quantitative estimate of drug-likeness (QED) is 0.403. The second-order valence-electron chi connectivity index (χ2n) is 15.4. The first kappa shape index (κ1) is 34.1. The SMILES string of the molecule is O=C1NC2(C(=O)NS(=O)(=O)C3CC3)CC2/C=C/CCCCCC(NC(=O)N2CCCC2)C(=O)N2C[C@H](N3Cc4cccc5cccc(c45)C3)CC12. The van der Waals surface area contributed by atoms with Gasteiger partial charge in [0.2, 0.25) is 21.8 Å². The fourth-order valence-electron chi connectivity index (χ4n) is 8.72. The molecule has 51 heavy (non-hydrogen) atoms. The van der Waals surface area contributed by atoms with Gasteiger partial charge in [0, 0.05) is 44.7 Å². The van der Waals surface area contributed by atoms with E-state index in [1.54, 1.807) is 9.80 Å². The molecule has 2 aromatic carbocycles. The molecule has 4 fully saturated rings. The number of benzene rings is 2. The number of amides is 5. The first-order chi connectivity index (χ1) is 24.6. The maximum atomic E-state index is 14.6. The normalized spacial score (nSPS) is 30.8. The molecule has 12 nitrogen and oxygen atoms in total. The van der Waals surface area contributed by atoms with E-state index in [4.69, 9.17) is 0 Å². The lowest BCUT2D eigenvalue weighted by molar-refractivity contribution is -0.141. The molecule has 2 aromatic rings. The van der Waals surface area contributed by atoms with Crippen LogP contribution >= 0.6 is 0 Å². The van der Waals surface area contributed by atoms with E-state index in [1.165, 1.54) is 21.9 Å². The van der Waals surface area contributed by atoms with E-state index in [0.29, 0.717) is 58.4 Å². The van der Waals surface area contributed by atoms with E-state index in [1.807, 2.05) is 12.2 Å². The second-order valence-corrected chi connectivity index (χ2v) is 17.4. The number of likely N-dealkylation sites (tertiary alicyclic amines) is 1. The van der Waals surface area contributed by atoms with E-state index in [2.05, 4.69) is 56.7 Å². The summed E-state index contributed by atoms with van der Waals surface area (Å²) in [4.78, 5) is 61.9. The number of carbonyl (C=O) groups is 4. The number of fused-ring (bicyclic) bond motifs is 2. The topological polar surface area (TPSA) is 148 Å². The van der Waals surface area contributed by atoms with Crippen molar-refractivity contribution in [3.8, 4) is 0 Å². The van der Waals surface area contributed by atoms with Crippen molar-refractivity contribution >= 4 is 44.5 Å². The molecule has 13 heteroatoms. The number of hydrogen-bond donors (Lipinski definition) is 3. The van der Waals surface area contributed by atoms with Crippen LogP contribution in [0.1, 0.15) is 81.8 Å². The molecule has 2 saturated carbocycles. The van der Waals surface area contributed by atoms with Crippen LogP contribution in [0, 0.1) is 5.92 Å². The molecule has 6 aliphatic rings. The van der Waals surface area contributed by atoms with Gasteiger partial charge in [-0.3, -0.25) is 24.0 Å². The van der Waals surface area contributed by atoms with E-state index in [-0.39, 0.29) is 30.3 Å². The lowest BCUT2D eigenvalue weighted by Gasteiger charge is -2.34. The third-order valence-electron chi connectivity index (χ3n) is 11.9. The minimum absolute atomic E-state index is 0.156. The van der Waals surface area contributed by atoms with Crippen molar-refractivity contribution in [2.75, 3.05) is 19.6 Å². The van der Waals surface area contributed by atoms with Crippen molar-refractivity contribution in [2.45, 2.75) is 113 Å². The summed E-state index contributed by atoms with van der Waals surface area (Å²) in [6.45, 7) is 2.94. The number of allylic oxidation sites excluding steroid dienone is 1. The molecule has 5 amide bonds. The van der Waals surface area contributed by atoms with Crippen LogP contribution < -0.4 is 15.4 Å². The maximum Gasteiger partial charge on any atom is 0.318 e. The smallest absolute Gasteiger partial charge is 0.318 e. The van der Waals surface area contributed by atoms with E-state index in [9.17, 15) is 27.6 Å². The third-order valence-corrected chi connectivity index (χ3v) is 13.7. The molecule has 4 unspecified atom stereocenters. The molecule has 0 radical (unpaired) electrons. The van der Waals surface area contributed by atoms with Gasteiger partial charge in [-0.05, 0) is 79.7 Å². The Morgan fingerprint density at radius 2 is 1.63 bits per heavy atom. The van der Waals surface area contributed by atoms with Crippen LogP contribution in [0.15, 0.2) is 48.6 Å². The van der Waals surface area contributed by atoms with Crippen molar-refractivity contribution in [1.29, 1.82) is 0 Å². The van der Waals surface area contributed by atoms with Gasteiger partial charge < -0.3 is 20.4 Å². The Morgan fingerprint density at radius 1 is 0.902 bits per heavy atom. The minimum atomic E-state index is -3.84. The molecule has 2 aliphatic carbocycles. The number of rotatable bonds is 5.